The third-order valence-electron chi connectivity index (χ3n) is 7.34. The van der Waals surface area contributed by atoms with Crippen LogP contribution in [0.1, 0.15) is 45.2 Å². The second kappa shape index (κ2) is 6.06. The lowest BCUT2D eigenvalue weighted by Crippen LogP contribution is -2.57. The largest absolute Gasteiger partial charge is 0.480 e. The summed E-state index contributed by atoms with van der Waals surface area (Å²) in [6.45, 7) is 7.82. The lowest BCUT2D eigenvalue weighted by atomic mass is 9.49. The van der Waals surface area contributed by atoms with E-state index in [0.717, 1.165) is 27.8 Å². The van der Waals surface area contributed by atoms with E-state index in [4.69, 9.17) is 0 Å². The van der Waals surface area contributed by atoms with E-state index < -0.39 is 28.2 Å². The number of hydrogen-bond donors (Lipinski definition) is 2. The van der Waals surface area contributed by atoms with Gasteiger partial charge in [-0.15, -0.1) is 0 Å². The van der Waals surface area contributed by atoms with Crippen LogP contribution < -0.4 is 0 Å². The van der Waals surface area contributed by atoms with Gasteiger partial charge in [0.2, 0.25) is 0 Å². The number of allylic oxidation sites excluding steroid dienone is 2. The number of carboxylic acid groups (broad SMARTS) is 2. The van der Waals surface area contributed by atoms with E-state index in [1.807, 2.05) is 24.3 Å². The Balaban J connectivity index is 1.91. The molecule has 2 aromatic carbocycles. The molecule has 4 rings (SSSR count). The van der Waals surface area contributed by atoms with Crippen molar-refractivity contribution in [3.8, 4) is 11.1 Å². The second-order valence-electron chi connectivity index (χ2n) is 9.38. The average Bonchev–Trinajstić information content (AvgIpc) is 2.89. The molecule has 2 aliphatic rings. The van der Waals surface area contributed by atoms with Crippen LogP contribution in [0.2, 0.25) is 0 Å². The van der Waals surface area contributed by atoms with Crippen molar-refractivity contribution in [1.82, 2.24) is 0 Å². The van der Waals surface area contributed by atoms with E-state index in [0.29, 0.717) is 0 Å². The van der Waals surface area contributed by atoms with Gasteiger partial charge >= 0.3 is 11.9 Å². The molecule has 0 bridgehead atoms. The topological polar surface area (TPSA) is 74.6 Å². The fourth-order valence-electron chi connectivity index (χ4n) is 5.95. The van der Waals surface area contributed by atoms with E-state index in [1.165, 1.54) is 0 Å². The number of carboxylic acids is 2. The highest BCUT2D eigenvalue weighted by molar-refractivity contribution is 6.01. The normalized spacial score (nSPS) is 22.9. The van der Waals surface area contributed by atoms with Crippen LogP contribution in [0, 0.1) is 16.7 Å². The molecular weight excluding hydrogens is 364 g/mol. The number of fused-ring (bicyclic) bond motifs is 3. The maximum Gasteiger partial charge on any atom is 0.321 e. The van der Waals surface area contributed by atoms with Crippen LogP contribution in [0.25, 0.3) is 16.7 Å². The third-order valence-corrected chi connectivity index (χ3v) is 7.34. The molecule has 1 atom stereocenters. The average molecular weight is 390 g/mol. The molecule has 0 aromatic heterocycles. The summed E-state index contributed by atoms with van der Waals surface area (Å²) < 4.78 is 0. The van der Waals surface area contributed by atoms with Crippen LogP contribution in [-0.2, 0) is 15.0 Å². The van der Waals surface area contributed by atoms with Crippen LogP contribution in [0.15, 0.2) is 54.6 Å². The van der Waals surface area contributed by atoms with Crippen molar-refractivity contribution >= 4 is 17.5 Å². The Hall–Kier alpha value is -2.88. The van der Waals surface area contributed by atoms with Crippen LogP contribution in [-0.4, -0.2) is 22.2 Å². The van der Waals surface area contributed by atoms with Crippen molar-refractivity contribution in [3.05, 3.63) is 65.7 Å². The summed E-state index contributed by atoms with van der Waals surface area (Å²) in [7, 11) is 0. The Morgan fingerprint density at radius 1 is 0.897 bits per heavy atom. The maximum atomic E-state index is 12.2. The predicted molar refractivity (Wildman–Crippen MR) is 112 cm³/mol. The van der Waals surface area contributed by atoms with Crippen molar-refractivity contribution in [2.45, 2.75) is 39.5 Å². The van der Waals surface area contributed by atoms with Gasteiger partial charge in [-0.3, -0.25) is 9.59 Å². The maximum absolute atomic E-state index is 12.2. The summed E-state index contributed by atoms with van der Waals surface area (Å²) in [6.07, 6.45) is 1.85. The molecule has 150 valence electrons. The number of benzene rings is 2. The van der Waals surface area contributed by atoms with Crippen LogP contribution in [0.4, 0.5) is 0 Å². The molecule has 2 aromatic rings. The highest BCUT2D eigenvalue weighted by Crippen LogP contribution is 2.65. The zero-order chi connectivity index (χ0) is 21.2. The molecule has 4 heteroatoms. The number of rotatable bonds is 3. The van der Waals surface area contributed by atoms with Gasteiger partial charge in [0.1, 0.15) is 0 Å². The minimum Gasteiger partial charge on any atom is -0.480 e. The second-order valence-corrected chi connectivity index (χ2v) is 9.38. The summed E-state index contributed by atoms with van der Waals surface area (Å²) in [5, 5.41) is 20.0. The Kier molecular flexibility index (Phi) is 4.06. The zero-order valence-corrected chi connectivity index (χ0v) is 17.2. The Morgan fingerprint density at radius 2 is 1.52 bits per heavy atom. The standard InChI is InChI=1S/C25H26O4/c1-23(2)19-14-16(15-8-6-5-7-9-15)10-11-17(19)18-12-13-25(21(26)27,22(28)29)24(3,4)20(18)23/h5-12,14,20H,13H2,1-4H3,(H,26,27)(H,28,29). The fourth-order valence-corrected chi connectivity index (χ4v) is 5.95. The highest BCUT2D eigenvalue weighted by atomic mass is 16.4. The van der Waals surface area contributed by atoms with Gasteiger partial charge in [-0.2, -0.15) is 0 Å². The van der Waals surface area contributed by atoms with Crippen molar-refractivity contribution in [2.24, 2.45) is 16.7 Å². The summed E-state index contributed by atoms with van der Waals surface area (Å²) in [4.78, 5) is 24.5. The Bertz CT molecular complexity index is 1030. The Morgan fingerprint density at radius 3 is 2.10 bits per heavy atom. The van der Waals surface area contributed by atoms with Crippen LogP contribution in [0.5, 0.6) is 0 Å². The smallest absolute Gasteiger partial charge is 0.321 e. The van der Waals surface area contributed by atoms with E-state index in [9.17, 15) is 19.8 Å². The molecular formula is C25H26O4. The molecule has 0 radical (unpaired) electrons. The van der Waals surface area contributed by atoms with Gasteiger partial charge in [-0.05, 0) is 51.1 Å². The summed E-state index contributed by atoms with van der Waals surface area (Å²) in [6, 6.07) is 16.5. The quantitative estimate of drug-likeness (QED) is 0.704. The minimum absolute atomic E-state index is 0.00748. The van der Waals surface area contributed by atoms with Crippen LogP contribution in [0.3, 0.4) is 0 Å². The predicted octanol–water partition coefficient (Wildman–Crippen LogP) is 5.23. The van der Waals surface area contributed by atoms with Crippen molar-refractivity contribution in [1.29, 1.82) is 0 Å². The van der Waals surface area contributed by atoms with Gasteiger partial charge in [0.15, 0.2) is 5.41 Å². The first-order valence-corrected chi connectivity index (χ1v) is 9.92. The first-order valence-electron chi connectivity index (χ1n) is 9.92. The first kappa shape index (κ1) is 19.4. The summed E-state index contributed by atoms with van der Waals surface area (Å²) in [5.74, 6) is -2.74. The van der Waals surface area contributed by atoms with Crippen LogP contribution >= 0.6 is 0 Å². The van der Waals surface area contributed by atoms with Gasteiger partial charge in [-0.1, -0.05) is 76.2 Å². The van der Waals surface area contributed by atoms with E-state index in [2.05, 4.69) is 44.2 Å². The molecule has 0 spiro atoms. The minimum atomic E-state index is -1.84. The zero-order valence-electron chi connectivity index (χ0n) is 17.2. The molecule has 2 N–H and O–H groups in total. The molecule has 2 aliphatic carbocycles. The molecule has 0 saturated heterocycles. The number of carbonyl (C=O) groups is 2. The monoisotopic (exact) mass is 390 g/mol. The lowest BCUT2D eigenvalue weighted by molar-refractivity contribution is -0.178. The molecule has 4 nitrogen and oxygen atoms in total. The number of aliphatic carboxylic acids is 2. The van der Waals surface area contributed by atoms with Crippen molar-refractivity contribution in [3.63, 3.8) is 0 Å². The molecule has 0 amide bonds. The van der Waals surface area contributed by atoms with E-state index in [-0.39, 0.29) is 12.3 Å². The Labute approximate surface area is 170 Å². The van der Waals surface area contributed by atoms with Gasteiger partial charge in [0, 0.05) is 5.92 Å². The van der Waals surface area contributed by atoms with Gasteiger partial charge in [-0.25, -0.2) is 0 Å². The summed E-state index contributed by atoms with van der Waals surface area (Å²) in [5.41, 5.74) is 2.36. The molecule has 0 heterocycles. The van der Waals surface area contributed by atoms with Gasteiger partial charge < -0.3 is 10.2 Å². The molecule has 0 aliphatic heterocycles. The van der Waals surface area contributed by atoms with Gasteiger partial charge in [0.05, 0.1) is 0 Å². The van der Waals surface area contributed by atoms with E-state index >= 15 is 0 Å². The number of hydrogen-bond acceptors (Lipinski definition) is 2. The fraction of sp³-hybridized carbons (Fsp3) is 0.360. The van der Waals surface area contributed by atoms with E-state index in [1.54, 1.807) is 13.8 Å². The SMILES string of the molecule is CC1(C)c2cc(-c3ccccc3)ccc2C2=CCC(C(=O)O)(C(=O)O)C(C)(C)C21. The molecule has 0 fully saturated rings. The van der Waals surface area contributed by atoms with Crippen molar-refractivity contribution in [2.75, 3.05) is 0 Å². The van der Waals surface area contributed by atoms with Crippen molar-refractivity contribution < 1.29 is 19.8 Å². The van der Waals surface area contributed by atoms with Gasteiger partial charge in [0.25, 0.3) is 0 Å². The third kappa shape index (κ3) is 2.38. The molecule has 1 unspecified atom stereocenters. The first-order chi connectivity index (χ1) is 13.5. The molecule has 29 heavy (non-hydrogen) atoms. The summed E-state index contributed by atoms with van der Waals surface area (Å²) >= 11 is 0. The highest BCUT2D eigenvalue weighted by Gasteiger charge is 2.66. The molecule has 0 saturated carbocycles. The lowest BCUT2D eigenvalue weighted by Gasteiger charge is -2.51.